The van der Waals surface area contributed by atoms with Crippen molar-refractivity contribution >= 4 is 6.03 Å². The van der Waals surface area contributed by atoms with Gasteiger partial charge in [-0.1, -0.05) is 0 Å². The Labute approximate surface area is 71.3 Å². The number of rotatable bonds is 1. The van der Waals surface area contributed by atoms with Gasteiger partial charge in [0.2, 0.25) is 0 Å². The number of hydrogen-bond acceptors (Lipinski definition) is 2. The molecule has 12 heavy (non-hydrogen) atoms. The standard InChI is InChI=1S/C8H13N3O/c12-7-10-5-8(3-9-4-8)11(7)6-1-2-6/h6,9H,1-5H2,(H,10,12). The van der Waals surface area contributed by atoms with E-state index in [4.69, 9.17) is 0 Å². The largest absolute Gasteiger partial charge is 0.335 e. The van der Waals surface area contributed by atoms with Gasteiger partial charge in [0, 0.05) is 25.7 Å². The fourth-order valence-electron chi connectivity index (χ4n) is 2.22. The van der Waals surface area contributed by atoms with Crippen LogP contribution in [0, 0.1) is 0 Å². The van der Waals surface area contributed by atoms with Crippen LogP contribution in [-0.2, 0) is 0 Å². The van der Waals surface area contributed by atoms with E-state index in [-0.39, 0.29) is 11.6 Å². The molecule has 2 N–H and O–H groups in total. The van der Waals surface area contributed by atoms with E-state index >= 15 is 0 Å². The number of nitrogens with zero attached hydrogens (tertiary/aromatic N) is 1. The molecule has 4 heteroatoms. The smallest absolute Gasteiger partial charge is 0.318 e. The number of amides is 2. The molecule has 0 bridgehead atoms. The second kappa shape index (κ2) is 1.93. The molecule has 3 fully saturated rings. The number of urea groups is 1. The molecular formula is C8H13N3O. The molecular weight excluding hydrogens is 154 g/mol. The zero-order valence-electron chi connectivity index (χ0n) is 6.97. The highest BCUT2D eigenvalue weighted by atomic mass is 16.2. The zero-order valence-corrected chi connectivity index (χ0v) is 6.97. The third-order valence-corrected chi connectivity index (χ3v) is 3.12. The van der Waals surface area contributed by atoms with Crippen LogP contribution in [0.25, 0.3) is 0 Å². The van der Waals surface area contributed by atoms with Gasteiger partial charge in [-0.05, 0) is 12.8 Å². The first kappa shape index (κ1) is 6.71. The van der Waals surface area contributed by atoms with Gasteiger partial charge in [-0.3, -0.25) is 0 Å². The van der Waals surface area contributed by atoms with Crippen molar-refractivity contribution in [1.82, 2.24) is 15.5 Å². The summed E-state index contributed by atoms with van der Waals surface area (Å²) in [5, 5.41) is 6.17. The molecule has 2 heterocycles. The average molecular weight is 167 g/mol. The Balaban J connectivity index is 1.88. The SMILES string of the molecule is O=C1NCC2(CNC2)N1C1CC1. The summed E-state index contributed by atoms with van der Waals surface area (Å²) < 4.78 is 0. The second-order valence-electron chi connectivity index (χ2n) is 4.09. The fourth-order valence-corrected chi connectivity index (χ4v) is 2.22. The van der Waals surface area contributed by atoms with Gasteiger partial charge in [0.05, 0.1) is 5.54 Å². The Morgan fingerprint density at radius 2 is 2.08 bits per heavy atom. The first-order chi connectivity index (χ1) is 5.82. The maximum absolute atomic E-state index is 11.5. The molecule has 0 atom stereocenters. The molecule has 2 saturated heterocycles. The van der Waals surface area contributed by atoms with E-state index in [1.54, 1.807) is 0 Å². The lowest BCUT2D eigenvalue weighted by Gasteiger charge is -2.45. The normalized spacial score (nSPS) is 32.0. The lowest BCUT2D eigenvalue weighted by atomic mass is 9.92. The van der Waals surface area contributed by atoms with E-state index in [0.717, 1.165) is 19.6 Å². The molecule has 66 valence electrons. The first-order valence-electron chi connectivity index (χ1n) is 4.60. The van der Waals surface area contributed by atoms with Gasteiger partial charge in [0.15, 0.2) is 0 Å². The molecule has 0 aromatic carbocycles. The Hall–Kier alpha value is -0.770. The summed E-state index contributed by atoms with van der Waals surface area (Å²) in [5.41, 5.74) is 0.151. The molecule has 1 aliphatic carbocycles. The predicted molar refractivity (Wildman–Crippen MR) is 43.9 cm³/mol. The summed E-state index contributed by atoms with van der Waals surface area (Å²) >= 11 is 0. The molecule has 1 spiro atoms. The number of carbonyl (C=O) groups is 1. The van der Waals surface area contributed by atoms with Gasteiger partial charge in [-0.25, -0.2) is 4.79 Å². The second-order valence-corrected chi connectivity index (χ2v) is 4.09. The Morgan fingerprint density at radius 3 is 2.58 bits per heavy atom. The number of nitrogens with one attached hydrogen (secondary N) is 2. The van der Waals surface area contributed by atoms with Crippen LogP contribution in [0.3, 0.4) is 0 Å². The summed E-state index contributed by atoms with van der Waals surface area (Å²) in [6.45, 7) is 2.79. The van der Waals surface area contributed by atoms with Crippen molar-refractivity contribution in [1.29, 1.82) is 0 Å². The molecule has 4 nitrogen and oxygen atoms in total. The highest BCUT2D eigenvalue weighted by molar-refractivity contribution is 5.79. The summed E-state index contributed by atoms with van der Waals surface area (Å²) in [7, 11) is 0. The van der Waals surface area contributed by atoms with Gasteiger partial charge >= 0.3 is 6.03 Å². The van der Waals surface area contributed by atoms with Crippen molar-refractivity contribution in [3.8, 4) is 0 Å². The highest BCUT2D eigenvalue weighted by Crippen LogP contribution is 2.37. The Bertz CT molecular complexity index is 232. The first-order valence-corrected chi connectivity index (χ1v) is 4.60. The van der Waals surface area contributed by atoms with Gasteiger partial charge < -0.3 is 15.5 Å². The predicted octanol–water partition coefficient (Wildman–Crippen LogP) is -0.484. The summed E-state index contributed by atoms with van der Waals surface area (Å²) in [4.78, 5) is 13.5. The van der Waals surface area contributed by atoms with Gasteiger partial charge in [0.1, 0.15) is 0 Å². The van der Waals surface area contributed by atoms with Gasteiger partial charge in [0.25, 0.3) is 0 Å². The van der Waals surface area contributed by atoms with Crippen LogP contribution in [0.1, 0.15) is 12.8 Å². The molecule has 0 radical (unpaired) electrons. The molecule has 3 rings (SSSR count). The molecule has 1 saturated carbocycles. The summed E-state index contributed by atoms with van der Waals surface area (Å²) in [5.74, 6) is 0. The topological polar surface area (TPSA) is 44.4 Å². The van der Waals surface area contributed by atoms with Crippen molar-refractivity contribution in [2.45, 2.75) is 24.4 Å². The van der Waals surface area contributed by atoms with Crippen molar-refractivity contribution in [2.75, 3.05) is 19.6 Å². The number of hydrogen-bond donors (Lipinski definition) is 2. The van der Waals surface area contributed by atoms with Crippen LogP contribution in [0.15, 0.2) is 0 Å². The van der Waals surface area contributed by atoms with Crippen LogP contribution in [0.5, 0.6) is 0 Å². The fraction of sp³-hybridized carbons (Fsp3) is 0.875. The molecule has 0 unspecified atom stereocenters. The van der Waals surface area contributed by atoms with Gasteiger partial charge in [-0.15, -0.1) is 0 Å². The molecule has 0 aromatic heterocycles. The van der Waals surface area contributed by atoms with Gasteiger partial charge in [-0.2, -0.15) is 0 Å². The molecule has 2 amide bonds. The molecule has 2 aliphatic heterocycles. The maximum Gasteiger partial charge on any atom is 0.318 e. The third kappa shape index (κ3) is 0.684. The number of carbonyl (C=O) groups excluding carboxylic acids is 1. The van der Waals surface area contributed by atoms with Crippen molar-refractivity contribution in [2.24, 2.45) is 0 Å². The van der Waals surface area contributed by atoms with Crippen LogP contribution in [-0.4, -0.2) is 42.1 Å². The van der Waals surface area contributed by atoms with Crippen molar-refractivity contribution < 1.29 is 4.79 Å². The molecule has 0 aromatic rings. The Kier molecular flexibility index (Phi) is 1.08. The summed E-state index contributed by atoms with van der Waals surface area (Å²) in [6.07, 6.45) is 2.41. The molecule has 3 aliphatic rings. The van der Waals surface area contributed by atoms with E-state index in [1.165, 1.54) is 12.8 Å². The lowest BCUT2D eigenvalue weighted by molar-refractivity contribution is 0.101. The Morgan fingerprint density at radius 1 is 1.33 bits per heavy atom. The minimum Gasteiger partial charge on any atom is -0.335 e. The monoisotopic (exact) mass is 167 g/mol. The van der Waals surface area contributed by atoms with Crippen LogP contribution in [0.2, 0.25) is 0 Å². The van der Waals surface area contributed by atoms with E-state index in [9.17, 15) is 4.79 Å². The lowest BCUT2D eigenvalue weighted by Crippen LogP contribution is -2.68. The van der Waals surface area contributed by atoms with E-state index < -0.39 is 0 Å². The minimum absolute atomic E-state index is 0.151. The third-order valence-electron chi connectivity index (χ3n) is 3.12. The van der Waals surface area contributed by atoms with E-state index in [2.05, 4.69) is 15.5 Å². The van der Waals surface area contributed by atoms with Crippen LogP contribution < -0.4 is 10.6 Å². The van der Waals surface area contributed by atoms with E-state index in [1.807, 2.05) is 0 Å². The van der Waals surface area contributed by atoms with Crippen molar-refractivity contribution in [3.63, 3.8) is 0 Å². The quantitative estimate of drug-likeness (QED) is 0.554. The highest BCUT2D eigenvalue weighted by Gasteiger charge is 2.54. The zero-order chi connectivity index (χ0) is 8.18. The van der Waals surface area contributed by atoms with Crippen LogP contribution >= 0.6 is 0 Å². The van der Waals surface area contributed by atoms with Crippen molar-refractivity contribution in [3.05, 3.63) is 0 Å². The minimum atomic E-state index is 0.151. The maximum atomic E-state index is 11.5. The summed E-state index contributed by atoms with van der Waals surface area (Å²) in [6, 6.07) is 0.702. The van der Waals surface area contributed by atoms with Crippen LogP contribution in [0.4, 0.5) is 4.79 Å². The average Bonchev–Trinajstić information content (AvgIpc) is 2.73. The van der Waals surface area contributed by atoms with E-state index in [0.29, 0.717) is 6.04 Å².